The Balaban J connectivity index is 1.70. The fourth-order valence-electron chi connectivity index (χ4n) is 4.12. The molecular formula is C26H28FN5O4. The first kappa shape index (κ1) is 25.2. The van der Waals surface area contributed by atoms with Gasteiger partial charge in [-0.1, -0.05) is 25.1 Å². The predicted molar refractivity (Wildman–Crippen MR) is 130 cm³/mol. The van der Waals surface area contributed by atoms with Crippen LogP contribution in [0, 0.1) is 11.7 Å². The number of carbonyl (C=O) groups excluding carboxylic acids is 2. The highest BCUT2D eigenvalue weighted by molar-refractivity contribution is 5.98. The van der Waals surface area contributed by atoms with E-state index in [1.54, 1.807) is 43.1 Å². The number of rotatable bonds is 6. The minimum atomic E-state index is -0.525. The van der Waals surface area contributed by atoms with E-state index in [1.165, 1.54) is 35.8 Å². The van der Waals surface area contributed by atoms with Gasteiger partial charge in [0.1, 0.15) is 23.2 Å². The van der Waals surface area contributed by atoms with Crippen molar-refractivity contribution in [2.24, 2.45) is 5.92 Å². The molecule has 1 aromatic carbocycles. The highest BCUT2D eigenvalue weighted by atomic mass is 19.1. The average molecular weight is 494 g/mol. The molecule has 1 aliphatic rings. The zero-order valence-electron chi connectivity index (χ0n) is 20.3. The average Bonchev–Trinajstić information content (AvgIpc) is 2.90. The van der Waals surface area contributed by atoms with Crippen LogP contribution in [0.25, 0.3) is 11.1 Å². The quantitative estimate of drug-likeness (QED) is 0.562. The molecule has 0 saturated heterocycles. The Morgan fingerprint density at radius 3 is 2.72 bits per heavy atom. The van der Waals surface area contributed by atoms with E-state index >= 15 is 0 Å². The molecule has 2 aromatic heterocycles. The molecule has 0 bridgehead atoms. The summed E-state index contributed by atoms with van der Waals surface area (Å²) >= 11 is 0. The molecular weight excluding hydrogens is 465 g/mol. The summed E-state index contributed by atoms with van der Waals surface area (Å²) in [5, 5.41) is 9.82. The number of fused-ring (bicyclic) bond motifs is 1. The topological polar surface area (TPSA) is 109 Å². The molecule has 36 heavy (non-hydrogen) atoms. The van der Waals surface area contributed by atoms with Gasteiger partial charge in [0.25, 0.3) is 11.8 Å². The van der Waals surface area contributed by atoms with Gasteiger partial charge in [0.15, 0.2) is 0 Å². The van der Waals surface area contributed by atoms with Gasteiger partial charge in [-0.2, -0.15) is 0 Å². The third kappa shape index (κ3) is 5.18. The Hall–Kier alpha value is -3.92. The van der Waals surface area contributed by atoms with Gasteiger partial charge < -0.3 is 19.6 Å². The van der Waals surface area contributed by atoms with Crippen LogP contribution >= 0.6 is 0 Å². The maximum atomic E-state index is 14.4. The number of aliphatic hydroxyl groups is 1. The third-order valence-corrected chi connectivity index (χ3v) is 6.29. The normalized spacial score (nSPS) is 18.5. The van der Waals surface area contributed by atoms with Crippen LogP contribution in [0.3, 0.4) is 0 Å². The summed E-state index contributed by atoms with van der Waals surface area (Å²) in [6.45, 7) is 3.91. The zero-order chi connectivity index (χ0) is 25.8. The van der Waals surface area contributed by atoms with E-state index in [0.717, 1.165) is 0 Å². The molecule has 3 heterocycles. The van der Waals surface area contributed by atoms with E-state index in [1.807, 2.05) is 6.92 Å². The first-order valence-corrected chi connectivity index (χ1v) is 11.6. The van der Waals surface area contributed by atoms with Crippen LogP contribution in [-0.4, -0.2) is 80.6 Å². The van der Waals surface area contributed by atoms with E-state index in [2.05, 4.69) is 15.0 Å². The van der Waals surface area contributed by atoms with Crippen molar-refractivity contribution in [3.05, 3.63) is 72.2 Å². The molecule has 0 aliphatic carbocycles. The number of hydrogen-bond acceptors (Lipinski definition) is 7. The maximum absolute atomic E-state index is 14.4. The Kier molecular flexibility index (Phi) is 7.54. The van der Waals surface area contributed by atoms with Crippen LogP contribution in [0.15, 0.2) is 55.1 Å². The zero-order valence-corrected chi connectivity index (χ0v) is 20.3. The van der Waals surface area contributed by atoms with E-state index in [-0.39, 0.29) is 54.6 Å². The maximum Gasteiger partial charge on any atom is 0.273 e. The van der Waals surface area contributed by atoms with Crippen molar-refractivity contribution in [3.63, 3.8) is 0 Å². The summed E-state index contributed by atoms with van der Waals surface area (Å²) in [6, 6.07) is 7.33. The second kappa shape index (κ2) is 10.8. The van der Waals surface area contributed by atoms with E-state index in [0.29, 0.717) is 11.1 Å². The van der Waals surface area contributed by atoms with Crippen LogP contribution < -0.4 is 4.74 Å². The molecule has 9 nitrogen and oxygen atoms in total. The van der Waals surface area contributed by atoms with Crippen molar-refractivity contribution in [2.75, 3.05) is 26.7 Å². The molecule has 0 spiro atoms. The third-order valence-electron chi connectivity index (χ3n) is 6.29. The van der Waals surface area contributed by atoms with Crippen molar-refractivity contribution in [3.8, 4) is 17.0 Å². The lowest BCUT2D eigenvalue weighted by Crippen LogP contribution is -2.50. The molecule has 0 radical (unpaired) electrons. The van der Waals surface area contributed by atoms with Gasteiger partial charge in [-0.15, -0.1) is 0 Å². The minimum absolute atomic E-state index is 0.0899. The van der Waals surface area contributed by atoms with Crippen molar-refractivity contribution >= 4 is 11.8 Å². The SMILES string of the molecule is C[C@@H]1CN([C@@H](C)CO)C(=O)c2cc(-c3ccccc3F)cnc2O[C@@H]1CN(C)C(=O)c1cnccn1. The molecule has 10 heteroatoms. The van der Waals surface area contributed by atoms with Crippen molar-refractivity contribution < 1.29 is 23.8 Å². The van der Waals surface area contributed by atoms with Crippen LogP contribution in [0.2, 0.25) is 0 Å². The highest BCUT2D eigenvalue weighted by Gasteiger charge is 2.35. The smallest absolute Gasteiger partial charge is 0.273 e. The summed E-state index contributed by atoms with van der Waals surface area (Å²) in [5.41, 5.74) is 1.11. The molecule has 188 valence electrons. The van der Waals surface area contributed by atoms with Gasteiger partial charge in [-0.05, 0) is 19.1 Å². The number of likely N-dealkylation sites (N-methyl/N-ethyl adjacent to an activating group) is 1. The van der Waals surface area contributed by atoms with E-state index in [9.17, 15) is 19.1 Å². The number of pyridine rings is 1. The summed E-state index contributed by atoms with van der Waals surface area (Å²) in [4.78, 5) is 41.8. The first-order valence-electron chi connectivity index (χ1n) is 11.6. The lowest BCUT2D eigenvalue weighted by Gasteiger charge is -2.37. The summed E-state index contributed by atoms with van der Waals surface area (Å²) in [7, 11) is 1.64. The van der Waals surface area contributed by atoms with Gasteiger partial charge in [-0.3, -0.25) is 14.6 Å². The Morgan fingerprint density at radius 2 is 2.03 bits per heavy atom. The Bertz CT molecular complexity index is 1240. The highest BCUT2D eigenvalue weighted by Crippen LogP contribution is 2.31. The summed E-state index contributed by atoms with van der Waals surface area (Å²) < 4.78 is 20.7. The van der Waals surface area contributed by atoms with Gasteiger partial charge in [0.2, 0.25) is 5.88 Å². The molecule has 0 fully saturated rings. The Morgan fingerprint density at radius 1 is 1.25 bits per heavy atom. The van der Waals surface area contributed by atoms with E-state index < -0.39 is 18.0 Å². The number of hydrogen-bond donors (Lipinski definition) is 1. The Labute approximate surface area is 208 Å². The fourth-order valence-corrected chi connectivity index (χ4v) is 4.12. The molecule has 0 unspecified atom stereocenters. The number of carbonyl (C=O) groups is 2. The molecule has 3 aromatic rings. The monoisotopic (exact) mass is 493 g/mol. The molecule has 0 saturated carbocycles. The number of amides is 2. The first-order chi connectivity index (χ1) is 17.3. The van der Waals surface area contributed by atoms with Crippen LogP contribution in [0.1, 0.15) is 34.7 Å². The van der Waals surface area contributed by atoms with Crippen LogP contribution in [0.5, 0.6) is 5.88 Å². The molecule has 4 rings (SSSR count). The fraction of sp³-hybridized carbons (Fsp3) is 0.346. The number of nitrogens with zero attached hydrogens (tertiary/aromatic N) is 5. The van der Waals surface area contributed by atoms with E-state index in [4.69, 9.17) is 4.74 Å². The van der Waals surface area contributed by atoms with Crippen molar-refractivity contribution in [1.29, 1.82) is 0 Å². The summed E-state index contributed by atoms with van der Waals surface area (Å²) in [5.74, 6) is -1.24. The number of aromatic nitrogens is 3. The predicted octanol–water partition coefficient (Wildman–Crippen LogP) is 2.67. The van der Waals surface area contributed by atoms with Gasteiger partial charge in [-0.25, -0.2) is 14.4 Å². The van der Waals surface area contributed by atoms with Gasteiger partial charge >= 0.3 is 0 Å². The molecule has 1 aliphatic heterocycles. The molecule has 1 N–H and O–H groups in total. The lowest BCUT2D eigenvalue weighted by atomic mass is 9.99. The number of ether oxygens (including phenoxy) is 1. The molecule has 3 atom stereocenters. The largest absolute Gasteiger partial charge is 0.472 e. The van der Waals surface area contributed by atoms with Gasteiger partial charge in [0.05, 0.1) is 25.4 Å². The summed E-state index contributed by atoms with van der Waals surface area (Å²) in [6.07, 6.45) is 5.27. The standard InChI is InChI=1S/C26H28FN5O4/c1-16-13-32(17(2)15-33)25(34)20-10-18(19-6-4-5-7-21(19)27)11-30-24(20)36-23(16)14-31(3)26(35)22-12-28-8-9-29-22/h4-12,16-17,23,33H,13-15H2,1-3H3/t16-,17+,23-/m1/s1. The molecule has 2 amide bonds. The number of halogens is 1. The van der Waals surface area contributed by atoms with Crippen LogP contribution in [0.4, 0.5) is 4.39 Å². The number of aliphatic hydroxyl groups excluding tert-OH is 1. The number of benzene rings is 1. The second-order valence-electron chi connectivity index (χ2n) is 8.96. The second-order valence-corrected chi connectivity index (χ2v) is 8.96. The van der Waals surface area contributed by atoms with Gasteiger partial charge in [0, 0.05) is 49.2 Å². The van der Waals surface area contributed by atoms with Crippen molar-refractivity contribution in [1.82, 2.24) is 24.8 Å². The van der Waals surface area contributed by atoms with Crippen molar-refractivity contribution in [2.45, 2.75) is 26.0 Å². The minimum Gasteiger partial charge on any atom is -0.472 e. The lowest BCUT2D eigenvalue weighted by molar-refractivity contribution is 0.0312. The van der Waals surface area contributed by atoms with Crippen LogP contribution in [-0.2, 0) is 0 Å².